The summed E-state index contributed by atoms with van der Waals surface area (Å²) in [5.41, 5.74) is 4.58. The minimum Gasteiger partial charge on any atom is -0.361 e. The SMILES string of the molecule is O=C(C[C@H](CCc1ccccc1)c1c[nH]c2ccc(Cl)cc12)NCc1ccccc1. The van der Waals surface area contributed by atoms with E-state index in [1.165, 1.54) is 5.56 Å². The molecule has 0 aliphatic heterocycles. The van der Waals surface area contributed by atoms with Crippen molar-refractivity contribution >= 4 is 28.4 Å². The van der Waals surface area contributed by atoms with E-state index in [1.807, 2.05) is 60.8 Å². The van der Waals surface area contributed by atoms with Crippen molar-refractivity contribution in [3.63, 3.8) is 0 Å². The zero-order valence-electron chi connectivity index (χ0n) is 16.8. The summed E-state index contributed by atoms with van der Waals surface area (Å²) in [5.74, 6) is 0.168. The average Bonchev–Trinajstić information content (AvgIpc) is 3.19. The number of benzene rings is 3. The molecule has 0 fully saturated rings. The van der Waals surface area contributed by atoms with Crippen molar-refractivity contribution in [3.8, 4) is 0 Å². The molecule has 1 aromatic heterocycles. The molecule has 1 atom stereocenters. The summed E-state index contributed by atoms with van der Waals surface area (Å²) in [7, 11) is 0. The molecule has 2 N–H and O–H groups in total. The number of aryl methyl sites for hydroxylation is 1. The van der Waals surface area contributed by atoms with Gasteiger partial charge in [0.15, 0.2) is 0 Å². The summed E-state index contributed by atoms with van der Waals surface area (Å²) in [4.78, 5) is 16.1. The molecular formula is C26H25ClN2O. The van der Waals surface area contributed by atoms with Gasteiger partial charge in [0, 0.05) is 35.1 Å². The van der Waals surface area contributed by atoms with Crippen molar-refractivity contribution in [1.29, 1.82) is 0 Å². The van der Waals surface area contributed by atoms with E-state index in [0.717, 1.165) is 34.9 Å². The number of fused-ring (bicyclic) bond motifs is 1. The first kappa shape index (κ1) is 20.2. The molecule has 0 saturated heterocycles. The maximum atomic E-state index is 12.8. The van der Waals surface area contributed by atoms with E-state index in [-0.39, 0.29) is 11.8 Å². The second-order valence-corrected chi connectivity index (χ2v) is 8.06. The lowest BCUT2D eigenvalue weighted by Crippen LogP contribution is -2.24. The van der Waals surface area contributed by atoms with Crippen LogP contribution in [0.3, 0.4) is 0 Å². The fourth-order valence-corrected chi connectivity index (χ4v) is 4.07. The first-order valence-electron chi connectivity index (χ1n) is 10.3. The molecule has 0 aliphatic rings. The average molecular weight is 417 g/mol. The van der Waals surface area contributed by atoms with Crippen LogP contribution in [0.15, 0.2) is 85.1 Å². The van der Waals surface area contributed by atoms with Gasteiger partial charge in [-0.05, 0) is 53.6 Å². The van der Waals surface area contributed by atoms with E-state index in [0.29, 0.717) is 18.0 Å². The maximum absolute atomic E-state index is 12.8. The highest BCUT2D eigenvalue weighted by molar-refractivity contribution is 6.31. The number of halogens is 1. The Bertz CT molecular complexity index is 1110. The van der Waals surface area contributed by atoms with E-state index < -0.39 is 0 Å². The third-order valence-electron chi connectivity index (χ3n) is 5.50. The number of carbonyl (C=O) groups excluding carboxylic acids is 1. The van der Waals surface area contributed by atoms with Gasteiger partial charge in [-0.3, -0.25) is 4.79 Å². The number of carbonyl (C=O) groups is 1. The van der Waals surface area contributed by atoms with Crippen LogP contribution in [-0.2, 0) is 17.8 Å². The summed E-state index contributed by atoms with van der Waals surface area (Å²) >= 11 is 6.26. The van der Waals surface area contributed by atoms with Crippen molar-refractivity contribution in [2.75, 3.05) is 0 Å². The predicted octanol–water partition coefficient (Wildman–Crippen LogP) is 6.24. The Labute approximate surface area is 182 Å². The molecule has 1 amide bonds. The fourth-order valence-electron chi connectivity index (χ4n) is 3.90. The molecule has 152 valence electrons. The van der Waals surface area contributed by atoms with Crippen LogP contribution in [0.1, 0.15) is 35.4 Å². The second-order valence-electron chi connectivity index (χ2n) is 7.62. The molecule has 0 radical (unpaired) electrons. The zero-order valence-corrected chi connectivity index (χ0v) is 17.5. The molecule has 0 aliphatic carbocycles. The number of amides is 1. The van der Waals surface area contributed by atoms with Gasteiger partial charge in [0.1, 0.15) is 0 Å². The van der Waals surface area contributed by atoms with Gasteiger partial charge < -0.3 is 10.3 Å². The van der Waals surface area contributed by atoms with Crippen molar-refractivity contribution in [1.82, 2.24) is 10.3 Å². The van der Waals surface area contributed by atoms with E-state index in [1.54, 1.807) is 0 Å². The first-order chi connectivity index (χ1) is 14.7. The summed E-state index contributed by atoms with van der Waals surface area (Å²) in [6, 6.07) is 26.3. The van der Waals surface area contributed by atoms with Gasteiger partial charge in [-0.1, -0.05) is 72.3 Å². The molecule has 0 spiro atoms. The molecular weight excluding hydrogens is 392 g/mol. The lowest BCUT2D eigenvalue weighted by Gasteiger charge is -2.17. The third-order valence-corrected chi connectivity index (χ3v) is 5.74. The van der Waals surface area contributed by atoms with Gasteiger partial charge in [0.2, 0.25) is 5.91 Å². The highest BCUT2D eigenvalue weighted by Gasteiger charge is 2.20. The minimum atomic E-state index is 0.0632. The molecule has 4 rings (SSSR count). The Hall–Kier alpha value is -3.04. The number of aromatic nitrogens is 1. The molecule has 4 aromatic rings. The van der Waals surface area contributed by atoms with Crippen LogP contribution in [-0.4, -0.2) is 10.9 Å². The molecule has 3 aromatic carbocycles. The van der Waals surface area contributed by atoms with Crippen LogP contribution < -0.4 is 5.32 Å². The largest absolute Gasteiger partial charge is 0.361 e. The van der Waals surface area contributed by atoms with Crippen molar-refractivity contribution in [2.45, 2.75) is 31.7 Å². The van der Waals surface area contributed by atoms with Gasteiger partial charge in [0.05, 0.1) is 0 Å². The van der Waals surface area contributed by atoms with Crippen LogP contribution in [0.4, 0.5) is 0 Å². The van der Waals surface area contributed by atoms with Crippen molar-refractivity contribution in [2.24, 2.45) is 0 Å². The quantitative estimate of drug-likeness (QED) is 0.350. The molecule has 0 unspecified atom stereocenters. The van der Waals surface area contributed by atoms with Gasteiger partial charge >= 0.3 is 0 Å². The summed E-state index contributed by atoms with van der Waals surface area (Å²) < 4.78 is 0. The summed E-state index contributed by atoms with van der Waals surface area (Å²) in [5, 5.41) is 4.87. The summed E-state index contributed by atoms with van der Waals surface area (Å²) in [6.45, 7) is 0.546. The van der Waals surface area contributed by atoms with Crippen molar-refractivity contribution < 1.29 is 4.79 Å². The Kier molecular flexibility index (Phi) is 6.50. The molecule has 1 heterocycles. The van der Waals surface area contributed by atoms with Gasteiger partial charge in [0.25, 0.3) is 0 Å². The normalized spacial score (nSPS) is 12.0. The van der Waals surface area contributed by atoms with Gasteiger partial charge in [-0.2, -0.15) is 0 Å². The Balaban J connectivity index is 1.51. The topological polar surface area (TPSA) is 44.9 Å². The van der Waals surface area contributed by atoms with Crippen LogP contribution in [0, 0.1) is 0 Å². The fraction of sp³-hybridized carbons (Fsp3) is 0.192. The third kappa shape index (κ3) is 5.11. The number of aromatic amines is 1. The van der Waals surface area contributed by atoms with Crippen LogP contribution in [0.2, 0.25) is 5.02 Å². The van der Waals surface area contributed by atoms with E-state index in [9.17, 15) is 4.79 Å². The highest BCUT2D eigenvalue weighted by atomic mass is 35.5. The molecule has 30 heavy (non-hydrogen) atoms. The molecule has 0 bridgehead atoms. The molecule has 4 heteroatoms. The number of hydrogen-bond donors (Lipinski definition) is 2. The molecule has 0 saturated carbocycles. The lowest BCUT2D eigenvalue weighted by molar-refractivity contribution is -0.121. The number of H-pyrrole nitrogens is 1. The smallest absolute Gasteiger partial charge is 0.220 e. The van der Waals surface area contributed by atoms with Crippen LogP contribution >= 0.6 is 11.6 Å². The number of hydrogen-bond acceptors (Lipinski definition) is 1. The first-order valence-corrected chi connectivity index (χ1v) is 10.7. The van der Waals surface area contributed by atoms with Gasteiger partial charge in [-0.15, -0.1) is 0 Å². The van der Waals surface area contributed by atoms with Crippen LogP contribution in [0.5, 0.6) is 0 Å². The van der Waals surface area contributed by atoms with Crippen molar-refractivity contribution in [3.05, 3.63) is 107 Å². The second kappa shape index (κ2) is 9.64. The summed E-state index contributed by atoms with van der Waals surface area (Å²) in [6.07, 6.45) is 4.28. The van der Waals surface area contributed by atoms with E-state index in [2.05, 4.69) is 34.6 Å². The number of rotatable bonds is 8. The number of nitrogens with one attached hydrogen (secondary N) is 2. The molecule has 3 nitrogen and oxygen atoms in total. The van der Waals surface area contributed by atoms with E-state index >= 15 is 0 Å². The van der Waals surface area contributed by atoms with E-state index in [4.69, 9.17) is 11.6 Å². The standard InChI is InChI=1S/C26H25ClN2O/c27-22-13-14-25-23(16-22)24(18-28-25)21(12-11-19-7-3-1-4-8-19)15-26(30)29-17-20-9-5-2-6-10-20/h1-10,13-14,16,18,21,28H,11-12,15,17H2,(H,29,30)/t21-/m0/s1. The zero-order chi connectivity index (χ0) is 20.8. The predicted molar refractivity (Wildman–Crippen MR) is 124 cm³/mol. The maximum Gasteiger partial charge on any atom is 0.220 e. The Morgan fingerprint density at radius 3 is 2.37 bits per heavy atom. The minimum absolute atomic E-state index is 0.0632. The Morgan fingerprint density at radius 2 is 1.63 bits per heavy atom. The van der Waals surface area contributed by atoms with Crippen LogP contribution in [0.25, 0.3) is 10.9 Å². The van der Waals surface area contributed by atoms with Gasteiger partial charge in [-0.25, -0.2) is 0 Å². The highest BCUT2D eigenvalue weighted by Crippen LogP contribution is 2.33. The monoisotopic (exact) mass is 416 g/mol. The Morgan fingerprint density at radius 1 is 0.933 bits per heavy atom. The lowest BCUT2D eigenvalue weighted by atomic mass is 9.89.